The van der Waals surface area contributed by atoms with Gasteiger partial charge in [-0.1, -0.05) is 22.0 Å². The summed E-state index contributed by atoms with van der Waals surface area (Å²) in [5.41, 5.74) is 1.40. The van der Waals surface area contributed by atoms with Crippen molar-refractivity contribution in [1.82, 2.24) is 5.32 Å². The van der Waals surface area contributed by atoms with E-state index in [1.165, 1.54) is 0 Å². The van der Waals surface area contributed by atoms with E-state index in [2.05, 4.69) is 21.2 Å². The smallest absolute Gasteiger partial charge is 0.328 e. The highest BCUT2D eigenvalue weighted by atomic mass is 79.9. The molecule has 5 heteroatoms. The van der Waals surface area contributed by atoms with Crippen molar-refractivity contribution in [2.75, 3.05) is 6.61 Å². The topological polar surface area (TPSA) is 55.4 Å². The van der Waals surface area contributed by atoms with Crippen LogP contribution in [0.5, 0.6) is 0 Å². The Morgan fingerprint density at radius 3 is 2.72 bits per heavy atom. The molecular formula is C13H16BrNO3. The maximum absolute atomic E-state index is 12.0. The van der Waals surface area contributed by atoms with Gasteiger partial charge >= 0.3 is 5.97 Å². The van der Waals surface area contributed by atoms with Crippen LogP contribution < -0.4 is 5.32 Å². The number of carbonyl (C=O) groups is 2. The zero-order valence-corrected chi connectivity index (χ0v) is 12.2. The molecule has 1 atom stereocenters. The van der Waals surface area contributed by atoms with Gasteiger partial charge in [-0.2, -0.15) is 0 Å². The molecule has 1 N–H and O–H groups in total. The molecule has 1 aromatic carbocycles. The van der Waals surface area contributed by atoms with Crippen molar-refractivity contribution in [2.24, 2.45) is 0 Å². The van der Waals surface area contributed by atoms with Gasteiger partial charge in [-0.05, 0) is 38.5 Å². The molecule has 0 heterocycles. The molecular weight excluding hydrogens is 298 g/mol. The van der Waals surface area contributed by atoms with Crippen LogP contribution in [0.15, 0.2) is 22.7 Å². The highest BCUT2D eigenvalue weighted by molar-refractivity contribution is 9.10. The average molecular weight is 314 g/mol. The summed E-state index contributed by atoms with van der Waals surface area (Å²) in [4.78, 5) is 23.4. The molecule has 1 rings (SSSR count). The molecule has 0 aromatic heterocycles. The van der Waals surface area contributed by atoms with E-state index >= 15 is 0 Å². The minimum absolute atomic E-state index is 0.283. The Bertz CT molecular complexity index is 460. The number of halogens is 1. The fraction of sp³-hybridized carbons (Fsp3) is 0.385. The summed E-state index contributed by atoms with van der Waals surface area (Å²) in [6, 6.07) is 4.77. The van der Waals surface area contributed by atoms with Gasteiger partial charge < -0.3 is 10.1 Å². The van der Waals surface area contributed by atoms with Crippen LogP contribution in [0, 0.1) is 6.92 Å². The zero-order chi connectivity index (χ0) is 13.7. The highest BCUT2D eigenvalue weighted by Gasteiger charge is 2.18. The molecule has 0 fully saturated rings. The summed E-state index contributed by atoms with van der Waals surface area (Å²) in [7, 11) is 0. The second-order valence-corrected chi connectivity index (χ2v) is 4.82. The maximum atomic E-state index is 12.0. The van der Waals surface area contributed by atoms with E-state index in [-0.39, 0.29) is 5.91 Å². The van der Waals surface area contributed by atoms with Crippen molar-refractivity contribution >= 4 is 27.8 Å². The van der Waals surface area contributed by atoms with E-state index < -0.39 is 12.0 Å². The first-order valence-electron chi connectivity index (χ1n) is 5.69. The number of ether oxygens (including phenoxy) is 1. The van der Waals surface area contributed by atoms with E-state index in [4.69, 9.17) is 4.74 Å². The third-order valence-electron chi connectivity index (χ3n) is 2.43. The lowest BCUT2D eigenvalue weighted by Crippen LogP contribution is -2.39. The Morgan fingerprint density at radius 2 is 2.11 bits per heavy atom. The molecule has 0 saturated carbocycles. The second-order valence-electron chi connectivity index (χ2n) is 3.91. The van der Waals surface area contributed by atoms with Gasteiger partial charge in [-0.15, -0.1) is 0 Å². The van der Waals surface area contributed by atoms with Crippen LogP contribution in [0.2, 0.25) is 0 Å². The van der Waals surface area contributed by atoms with Crippen molar-refractivity contribution in [1.29, 1.82) is 0 Å². The van der Waals surface area contributed by atoms with Gasteiger partial charge in [0.05, 0.1) is 6.61 Å². The molecule has 1 amide bonds. The summed E-state index contributed by atoms with van der Waals surface area (Å²) in [5.74, 6) is -0.715. The lowest BCUT2D eigenvalue weighted by molar-refractivity contribution is -0.144. The van der Waals surface area contributed by atoms with Gasteiger partial charge in [-0.3, -0.25) is 4.79 Å². The molecule has 0 spiro atoms. The summed E-state index contributed by atoms with van der Waals surface area (Å²) >= 11 is 3.31. The molecule has 0 aliphatic rings. The molecule has 4 nitrogen and oxygen atoms in total. The number of hydrogen-bond donors (Lipinski definition) is 1. The first-order chi connectivity index (χ1) is 8.45. The summed E-state index contributed by atoms with van der Waals surface area (Å²) in [6.07, 6.45) is 0. The SMILES string of the molecule is CCOC(=O)C(C)NC(=O)c1cc(Br)ccc1C. The Hall–Kier alpha value is -1.36. The number of amides is 1. The quantitative estimate of drug-likeness (QED) is 0.869. The van der Waals surface area contributed by atoms with Crippen LogP contribution in [0.4, 0.5) is 0 Å². The van der Waals surface area contributed by atoms with Gasteiger partial charge in [0.15, 0.2) is 0 Å². The van der Waals surface area contributed by atoms with Crippen LogP contribution in [-0.4, -0.2) is 24.5 Å². The highest BCUT2D eigenvalue weighted by Crippen LogP contribution is 2.16. The molecule has 0 saturated heterocycles. The van der Waals surface area contributed by atoms with Crippen LogP contribution in [0.1, 0.15) is 29.8 Å². The number of carbonyl (C=O) groups excluding carboxylic acids is 2. The normalized spacial score (nSPS) is 11.8. The van der Waals surface area contributed by atoms with Gasteiger partial charge in [-0.25, -0.2) is 4.79 Å². The Balaban J connectivity index is 2.76. The number of aryl methyl sites for hydroxylation is 1. The standard InChI is InChI=1S/C13H16BrNO3/c1-4-18-13(17)9(3)15-12(16)11-7-10(14)6-5-8(11)2/h5-7,9H,4H2,1-3H3,(H,15,16). The van der Waals surface area contributed by atoms with Crippen LogP contribution in [-0.2, 0) is 9.53 Å². The molecule has 1 unspecified atom stereocenters. The zero-order valence-electron chi connectivity index (χ0n) is 10.6. The minimum atomic E-state index is -0.657. The summed E-state index contributed by atoms with van der Waals surface area (Å²) in [6.45, 7) is 5.47. The van der Waals surface area contributed by atoms with Crippen molar-refractivity contribution in [3.8, 4) is 0 Å². The van der Waals surface area contributed by atoms with Gasteiger partial charge in [0, 0.05) is 10.0 Å². The van der Waals surface area contributed by atoms with E-state index in [0.29, 0.717) is 12.2 Å². The Morgan fingerprint density at radius 1 is 1.44 bits per heavy atom. The first-order valence-corrected chi connectivity index (χ1v) is 6.48. The van der Waals surface area contributed by atoms with Crippen molar-refractivity contribution in [3.63, 3.8) is 0 Å². The predicted molar refractivity (Wildman–Crippen MR) is 72.4 cm³/mol. The van der Waals surface area contributed by atoms with Crippen LogP contribution >= 0.6 is 15.9 Å². The van der Waals surface area contributed by atoms with Crippen molar-refractivity contribution in [2.45, 2.75) is 26.8 Å². The number of rotatable bonds is 4. The van der Waals surface area contributed by atoms with E-state index in [9.17, 15) is 9.59 Å². The molecule has 0 bridgehead atoms. The fourth-order valence-electron chi connectivity index (χ4n) is 1.44. The largest absolute Gasteiger partial charge is 0.464 e. The third kappa shape index (κ3) is 3.84. The number of esters is 1. The monoisotopic (exact) mass is 313 g/mol. The molecule has 98 valence electrons. The third-order valence-corrected chi connectivity index (χ3v) is 2.93. The van der Waals surface area contributed by atoms with E-state index in [0.717, 1.165) is 10.0 Å². The van der Waals surface area contributed by atoms with Gasteiger partial charge in [0.25, 0.3) is 5.91 Å². The fourth-order valence-corrected chi connectivity index (χ4v) is 1.80. The Kier molecular flexibility index (Phi) is 5.34. The van der Waals surface area contributed by atoms with Crippen LogP contribution in [0.25, 0.3) is 0 Å². The molecule has 1 aromatic rings. The maximum Gasteiger partial charge on any atom is 0.328 e. The lowest BCUT2D eigenvalue weighted by Gasteiger charge is -2.13. The van der Waals surface area contributed by atoms with Gasteiger partial charge in [0.1, 0.15) is 6.04 Å². The van der Waals surface area contributed by atoms with E-state index in [1.54, 1.807) is 19.9 Å². The summed E-state index contributed by atoms with van der Waals surface area (Å²) in [5, 5.41) is 2.61. The van der Waals surface area contributed by atoms with Gasteiger partial charge in [0.2, 0.25) is 0 Å². The minimum Gasteiger partial charge on any atom is -0.464 e. The van der Waals surface area contributed by atoms with Crippen molar-refractivity contribution < 1.29 is 14.3 Å². The van der Waals surface area contributed by atoms with Crippen molar-refractivity contribution in [3.05, 3.63) is 33.8 Å². The predicted octanol–water partition coefficient (Wildman–Crippen LogP) is 2.44. The summed E-state index contributed by atoms with van der Waals surface area (Å²) < 4.78 is 5.65. The molecule has 0 radical (unpaired) electrons. The molecule has 18 heavy (non-hydrogen) atoms. The number of benzene rings is 1. The number of hydrogen-bond acceptors (Lipinski definition) is 3. The number of nitrogens with one attached hydrogen (secondary N) is 1. The Labute approximate surface area is 115 Å². The first kappa shape index (κ1) is 14.7. The van der Waals surface area contributed by atoms with Crippen LogP contribution in [0.3, 0.4) is 0 Å². The molecule has 0 aliphatic carbocycles. The average Bonchev–Trinajstić information content (AvgIpc) is 2.32. The lowest BCUT2D eigenvalue weighted by atomic mass is 10.1. The molecule has 0 aliphatic heterocycles. The van der Waals surface area contributed by atoms with E-state index in [1.807, 2.05) is 19.1 Å². The second kappa shape index (κ2) is 6.54.